The molecule has 1 aromatic carbocycles. The molecule has 2 nitrogen and oxygen atoms in total. The second-order valence-corrected chi connectivity index (χ2v) is 6.20. The van der Waals surface area contributed by atoms with E-state index < -0.39 is 0 Å². The number of halogens is 1. The van der Waals surface area contributed by atoms with E-state index in [2.05, 4.69) is 36.3 Å². The lowest BCUT2D eigenvalue weighted by Gasteiger charge is -2.33. The zero-order chi connectivity index (χ0) is 13.7. The van der Waals surface area contributed by atoms with Crippen LogP contribution in [0.1, 0.15) is 25.3 Å². The third kappa shape index (κ3) is 4.79. The average Bonchev–Trinajstić information content (AvgIpc) is 2.41. The van der Waals surface area contributed by atoms with Crippen LogP contribution < -0.4 is 5.32 Å². The maximum Gasteiger partial charge on any atom is 0.0406 e. The first-order chi connectivity index (χ1) is 9.15. The molecule has 0 bridgehead atoms. The van der Waals surface area contributed by atoms with Gasteiger partial charge in [-0.15, -0.1) is 0 Å². The minimum absolute atomic E-state index is 0.626. The fourth-order valence-electron chi connectivity index (χ4n) is 2.79. The lowest BCUT2D eigenvalue weighted by atomic mass is 9.90. The van der Waals surface area contributed by atoms with E-state index in [0.717, 1.165) is 23.9 Å². The molecule has 0 amide bonds. The Balaban J connectivity index is 1.69. The van der Waals surface area contributed by atoms with Crippen LogP contribution >= 0.6 is 11.6 Å². The molecule has 1 aliphatic rings. The lowest BCUT2D eigenvalue weighted by Crippen LogP contribution is -2.41. The molecule has 106 valence electrons. The molecule has 1 heterocycles. The highest BCUT2D eigenvalue weighted by Gasteiger charge is 2.21. The minimum Gasteiger partial charge on any atom is -0.314 e. The van der Waals surface area contributed by atoms with Crippen LogP contribution in [0.4, 0.5) is 0 Å². The Hall–Kier alpha value is -0.570. The number of likely N-dealkylation sites (tertiary alicyclic amines) is 1. The Labute approximate surface area is 122 Å². The van der Waals surface area contributed by atoms with Gasteiger partial charge >= 0.3 is 0 Å². The molecule has 1 atom stereocenters. The summed E-state index contributed by atoms with van der Waals surface area (Å²) < 4.78 is 0. The van der Waals surface area contributed by atoms with Crippen LogP contribution in [-0.4, -0.2) is 37.6 Å². The van der Waals surface area contributed by atoms with Gasteiger partial charge in [-0.05, 0) is 76.5 Å². The van der Waals surface area contributed by atoms with E-state index in [1.54, 1.807) is 0 Å². The SMILES string of the molecule is CC(NCCc1ccc(Cl)cc1)C1CCN(C)CC1. The number of hydrogen-bond acceptors (Lipinski definition) is 2. The Bertz CT molecular complexity index is 369. The summed E-state index contributed by atoms with van der Waals surface area (Å²) in [6.07, 6.45) is 3.73. The van der Waals surface area contributed by atoms with Crippen LogP contribution in [0.15, 0.2) is 24.3 Å². The molecule has 19 heavy (non-hydrogen) atoms. The number of benzene rings is 1. The number of nitrogens with zero attached hydrogens (tertiary/aromatic N) is 1. The van der Waals surface area contributed by atoms with Gasteiger partial charge in [0.2, 0.25) is 0 Å². The van der Waals surface area contributed by atoms with Crippen molar-refractivity contribution in [1.82, 2.24) is 10.2 Å². The first-order valence-electron chi connectivity index (χ1n) is 7.31. The molecular formula is C16H25ClN2. The van der Waals surface area contributed by atoms with Gasteiger partial charge in [0.25, 0.3) is 0 Å². The molecule has 0 radical (unpaired) electrons. The van der Waals surface area contributed by atoms with Crippen molar-refractivity contribution in [2.45, 2.75) is 32.2 Å². The highest BCUT2D eigenvalue weighted by atomic mass is 35.5. The lowest BCUT2D eigenvalue weighted by molar-refractivity contribution is 0.190. The zero-order valence-electron chi connectivity index (χ0n) is 12.0. The number of nitrogens with one attached hydrogen (secondary N) is 1. The fraction of sp³-hybridized carbons (Fsp3) is 0.625. The molecule has 1 fully saturated rings. The normalized spacial score (nSPS) is 19.5. The summed E-state index contributed by atoms with van der Waals surface area (Å²) in [6, 6.07) is 8.80. The second kappa shape index (κ2) is 7.28. The molecule has 1 saturated heterocycles. The first-order valence-corrected chi connectivity index (χ1v) is 7.69. The van der Waals surface area contributed by atoms with Crippen molar-refractivity contribution >= 4 is 11.6 Å². The first kappa shape index (κ1) is 14.8. The summed E-state index contributed by atoms with van der Waals surface area (Å²) in [5.41, 5.74) is 1.35. The molecular weight excluding hydrogens is 256 g/mol. The minimum atomic E-state index is 0.626. The number of rotatable bonds is 5. The van der Waals surface area contributed by atoms with Gasteiger partial charge in [-0.2, -0.15) is 0 Å². The van der Waals surface area contributed by atoms with Crippen molar-refractivity contribution in [3.63, 3.8) is 0 Å². The van der Waals surface area contributed by atoms with Gasteiger partial charge in [0.05, 0.1) is 0 Å². The molecule has 0 aliphatic carbocycles. The van der Waals surface area contributed by atoms with Crippen LogP contribution in [0, 0.1) is 5.92 Å². The largest absolute Gasteiger partial charge is 0.314 e. The molecule has 0 spiro atoms. The summed E-state index contributed by atoms with van der Waals surface area (Å²) >= 11 is 5.89. The summed E-state index contributed by atoms with van der Waals surface area (Å²) in [5, 5.41) is 4.49. The fourth-order valence-corrected chi connectivity index (χ4v) is 2.92. The van der Waals surface area contributed by atoms with E-state index >= 15 is 0 Å². The predicted octanol–water partition coefficient (Wildman–Crippen LogP) is 3.20. The van der Waals surface area contributed by atoms with Crippen LogP contribution in [0.25, 0.3) is 0 Å². The van der Waals surface area contributed by atoms with Gasteiger partial charge < -0.3 is 10.2 Å². The van der Waals surface area contributed by atoms with Crippen LogP contribution in [0.5, 0.6) is 0 Å². The Morgan fingerprint density at radius 3 is 2.53 bits per heavy atom. The topological polar surface area (TPSA) is 15.3 Å². The summed E-state index contributed by atoms with van der Waals surface area (Å²) in [7, 11) is 2.22. The molecule has 0 aromatic heterocycles. The maximum atomic E-state index is 5.89. The van der Waals surface area contributed by atoms with Crippen molar-refractivity contribution in [3.05, 3.63) is 34.9 Å². The number of piperidine rings is 1. The van der Waals surface area contributed by atoms with E-state index in [4.69, 9.17) is 11.6 Å². The average molecular weight is 281 g/mol. The second-order valence-electron chi connectivity index (χ2n) is 5.76. The Kier molecular flexibility index (Phi) is 5.68. The van der Waals surface area contributed by atoms with Crippen molar-refractivity contribution < 1.29 is 0 Å². The molecule has 1 N–H and O–H groups in total. The van der Waals surface area contributed by atoms with E-state index in [0.29, 0.717) is 6.04 Å². The van der Waals surface area contributed by atoms with Crippen molar-refractivity contribution in [2.75, 3.05) is 26.7 Å². The Morgan fingerprint density at radius 1 is 1.26 bits per heavy atom. The van der Waals surface area contributed by atoms with Crippen LogP contribution in [0.3, 0.4) is 0 Å². The molecule has 3 heteroatoms. The third-order valence-electron chi connectivity index (χ3n) is 4.26. The van der Waals surface area contributed by atoms with Crippen LogP contribution in [0.2, 0.25) is 5.02 Å². The quantitative estimate of drug-likeness (QED) is 0.891. The van der Waals surface area contributed by atoms with Gasteiger partial charge in [-0.1, -0.05) is 23.7 Å². The molecule has 1 aromatic rings. The Morgan fingerprint density at radius 2 is 1.89 bits per heavy atom. The monoisotopic (exact) mass is 280 g/mol. The zero-order valence-corrected chi connectivity index (χ0v) is 12.8. The summed E-state index contributed by atoms with van der Waals surface area (Å²) in [4.78, 5) is 2.43. The van der Waals surface area contributed by atoms with Crippen molar-refractivity contribution in [2.24, 2.45) is 5.92 Å². The standard InChI is InChI=1S/C16H25ClN2/c1-13(15-8-11-19(2)12-9-15)18-10-7-14-3-5-16(17)6-4-14/h3-6,13,15,18H,7-12H2,1-2H3. The van der Waals surface area contributed by atoms with E-state index in [1.165, 1.54) is 31.5 Å². The predicted molar refractivity (Wildman–Crippen MR) is 82.8 cm³/mol. The molecule has 1 aliphatic heterocycles. The van der Waals surface area contributed by atoms with Gasteiger partial charge in [-0.3, -0.25) is 0 Å². The van der Waals surface area contributed by atoms with E-state index in [1.807, 2.05) is 12.1 Å². The van der Waals surface area contributed by atoms with E-state index in [9.17, 15) is 0 Å². The molecule has 2 rings (SSSR count). The van der Waals surface area contributed by atoms with E-state index in [-0.39, 0.29) is 0 Å². The van der Waals surface area contributed by atoms with Gasteiger partial charge in [-0.25, -0.2) is 0 Å². The number of hydrogen-bond donors (Lipinski definition) is 1. The van der Waals surface area contributed by atoms with Crippen molar-refractivity contribution in [1.29, 1.82) is 0 Å². The van der Waals surface area contributed by atoms with Gasteiger partial charge in [0.15, 0.2) is 0 Å². The highest BCUT2D eigenvalue weighted by molar-refractivity contribution is 6.30. The maximum absolute atomic E-state index is 5.89. The third-order valence-corrected chi connectivity index (χ3v) is 4.52. The smallest absolute Gasteiger partial charge is 0.0406 e. The van der Waals surface area contributed by atoms with Crippen molar-refractivity contribution in [3.8, 4) is 0 Å². The van der Waals surface area contributed by atoms with Gasteiger partial charge in [0, 0.05) is 11.1 Å². The highest BCUT2D eigenvalue weighted by Crippen LogP contribution is 2.19. The van der Waals surface area contributed by atoms with Crippen LogP contribution in [-0.2, 0) is 6.42 Å². The molecule has 0 saturated carbocycles. The van der Waals surface area contributed by atoms with Gasteiger partial charge in [0.1, 0.15) is 0 Å². The summed E-state index contributed by atoms with van der Waals surface area (Å²) in [6.45, 7) is 5.87. The summed E-state index contributed by atoms with van der Waals surface area (Å²) in [5.74, 6) is 0.835. The molecule has 1 unspecified atom stereocenters.